The normalized spacial score (nSPS) is 26.6. The van der Waals surface area contributed by atoms with Gasteiger partial charge in [0.15, 0.2) is 17.9 Å². The molecular formula is C18H17F2N3O4. The number of ether oxygens (including phenoxy) is 1. The predicted octanol–water partition coefficient (Wildman–Crippen LogP) is 1.37. The highest BCUT2D eigenvalue weighted by atomic mass is 19.2. The molecule has 1 aliphatic heterocycles. The van der Waals surface area contributed by atoms with Gasteiger partial charge in [0.05, 0.1) is 5.69 Å². The van der Waals surface area contributed by atoms with Gasteiger partial charge in [0.1, 0.15) is 36.4 Å². The lowest BCUT2D eigenvalue weighted by Gasteiger charge is -2.21. The molecule has 0 aliphatic carbocycles. The lowest BCUT2D eigenvalue weighted by molar-refractivity contribution is -0.0849. The van der Waals surface area contributed by atoms with Crippen LogP contribution in [0.25, 0.3) is 11.0 Å². The van der Waals surface area contributed by atoms with Crippen molar-refractivity contribution >= 4 is 11.0 Å². The van der Waals surface area contributed by atoms with Gasteiger partial charge in [-0.05, 0) is 30.7 Å². The highest BCUT2D eigenvalue weighted by Gasteiger charge is 2.47. The Morgan fingerprint density at radius 2 is 1.89 bits per heavy atom. The van der Waals surface area contributed by atoms with Crippen LogP contribution < -0.4 is 0 Å². The summed E-state index contributed by atoms with van der Waals surface area (Å²) < 4.78 is 33.8. The molecule has 2 aromatic heterocycles. The zero-order valence-corrected chi connectivity index (χ0v) is 14.2. The number of fused-ring (bicyclic) bond motifs is 1. The van der Waals surface area contributed by atoms with Crippen LogP contribution in [-0.2, 0) is 4.74 Å². The van der Waals surface area contributed by atoms with Gasteiger partial charge in [-0.2, -0.15) is 0 Å². The predicted molar refractivity (Wildman–Crippen MR) is 89.5 cm³/mol. The van der Waals surface area contributed by atoms with Crippen LogP contribution in [0, 0.1) is 18.6 Å². The van der Waals surface area contributed by atoms with Gasteiger partial charge in [0.25, 0.3) is 0 Å². The Hall–Kier alpha value is -2.46. The van der Waals surface area contributed by atoms with E-state index in [2.05, 4.69) is 9.97 Å². The molecule has 5 atom stereocenters. The van der Waals surface area contributed by atoms with E-state index in [0.717, 1.165) is 23.2 Å². The van der Waals surface area contributed by atoms with Gasteiger partial charge in [0.2, 0.25) is 0 Å². The zero-order chi connectivity index (χ0) is 19.3. The Labute approximate surface area is 152 Å². The van der Waals surface area contributed by atoms with E-state index in [9.17, 15) is 24.1 Å². The van der Waals surface area contributed by atoms with E-state index in [1.807, 2.05) is 6.92 Å². The van der Waals surface area contributed by atoms with Crippen molar-refractivity contribution < 1.29 is 28.8 Å². The summed E-state index contributed by atoms with van der Waals surface area (Å²) in [5.74, 6) is -2.18. The minimum absolute atomic E-state index is 0.0290. The van der Waals surface area contributed by atoms with Crippen molar-refractivity contribution in [1.82, 2.24) is 14.5 Å². The number of halogens is 2. The minimum atomic E-state index is -1.46. The smallest absolute Gasteiger partial charge is 0.164 e. The fourth-order valence-electron chi connectivity index (χ4n) is 3.37. The summed E-state index contributed by atoms with van der Waals surface area (Å²) in [5, 5.41) is 32.0. The van der Waals surface area contributed by atoms with E-state index >= 15 is 0 Å². The van der Waals surface area contributed by atoms with E-state index in [-0.39, 0.29) is 5.56 Å². The average Bonchev–Trinajstić information content (AvgIpc) is 3.20. The molecule has 3 aromatic rings. The van der Waals surface area contributed by atoms with Crippen molar-refractivity contribution in [3.63, 3.8) is 0 Å². The van der Waals surface area contributed by atoms with Crippen LogP contribution in [0.5, 0.6) is 0 Å². The largest absolute Gasteiger partial charge is 0.387 e. The number of aliphatic hydroxyl groups excluding tert-OH is 3. The molecule has 142 valence electrons. The number of aryl methyl sites for hydroxylation is 1. The zero-order valence-electron chi connectivity index (χ0n) is 14.2. The summed E-state index contributed by atoms with van der Waals surface area (Å²) in [7, 11) is 0. The third-order valence-corrected chi connectivity index (χ3v) is 4.85. The molecule has 1 aromatic carbocycles. The number of hydrogen-bond donors (Lipinski definition) is 3. The molecule has 3 heterocycles. The fourth-order valence-corrected chi connectivity index (χ4v) is 3.37. The van der Waals surface area contributed by atoms with Gasteiger partial charge in [-0.15, -0.1) is 0 Å². The van der Waals surface area contributed by atoms with E-state index in [0.29, 0.717) is 5.65 Å². The van der Waals surface area contributed by atoms with Gasteiger partial charge < -0.3 is 24.6 Å². The lowest BCUT2D eigenvalue weighted by atomic mass is 9.99. The Morgan fingerprint density at radius 1 is 1.11 bits per heavy atom. The quantitative estimate of drug-likeness (QED) is 0.638. The van der Waals surface area contributed by atoms with Crippen LogP contribution in [0.15, 0.2) is 36.8 Å². The third-order valence-electron chi connectivity index (χ3n) is 4.85. The lowest BCUT2D eigenvalue weighted by Crippen LogP contribution is -2.34. The molecule has 1 aliphatic rings. The number of hydrogen-bond acceptors (Lipinski definition) is 6. The van der Waals surface area contributed by atoms with Gasteiger partial charge >= 0.3 is 0 Å². The molecule has 9 heteroatoms. The van der Waals surface area contributed by atoms with E-state index < -0.39 is 42.3 Å². The fraction of sp³-hybridized carbons (Fsp3) is 0.333. The Balaban J connectivity index is 1.66. The Morgan fingerprint density at radius 3 is 2.63 bits per heavy atom. The maximum atomic E-state index is 13.5. The van der Waals surface area contributed by atoms with E-state index in [1.165, 1.54) is 17.0 Å². The second-order valence-electron chi connectivity index (χ2n) is 6.51. The van der Waals surface area contributed by atoms with Crippen LogP contribution in [0.4, 0.5) is 8.78 Å². The minimum Gasteiger partial charge on any atom is -0.387 e. The highest BCUT2D eigenvalue weighted by molar-refractivity contribution is 5.78. The molecule has 0 radical (unpaired) electrons. The number of aromatic nitrogens is 3. The second-order valence-corrected chi connectivity index (χ2v) is 6.51. The molecule has 0 spiro atoms. The van der Waals surface area contributed by atoms with Crippen molar-refractivity contribution in [2.24, 2.45) is 0 Å². The summed E-state index contributed by atoms with van der Waals surface area (Å²) in [6.45, 7) is 1.81. The van der Waals surface area contributed by atoms with Crippen molar-refractivity contribution in [3.05, 3.63) is 59.7 Å². The van der Waals surface area contributed by atoms with Crippen molar-refractivity contribution in [3.8, 4) is 0 Å². The van der Waals surface area contributed by atoms with Gasteiger partial charge in [0, 0.05) is 11.6 Å². The first kappa shape index (κ1) is 17.9. The Bertz CT molecular complexity index is 996. The monoisotopic (exact) mass is 377 g/mol. The van der Waals surface area contributed by atoms with Gasteiger partial charge in [-0.3, -0.25) is 0 Å². The summed E-state index contributed by atoms with van der Waals surface area (Å²) in [6.07, 6.45) is -3.52. The van der Waals surface area contributed by atoms with Crippen LogP contribution in [0.2, 0.25) is 0 Å². The third kappa shape index (κ3) is 2.88. The Kier molecular flexibility index (Phi) is 4.39. The van der Waals surface area contributed by atoms with Crippen LogP contribution in [0.3, 0.4) is 0 Å². The van der Waals surface area contributed by atoms with Crippen LogP contribution in [-0.4, -0.2) is 48.2 Å². The molecule has 1 fully saturated rings. The SMILES string of the molecule is Cc1ncnc2c1ccn2C1OC(C(O)c2ccc(F)c(F)c2)C(O)C1O. The molecule has 3 N–H and O–H groups in total. The van der Waals surface area contributed by atoms with E-state index in [1.54, 1.807) is 12.3 Å². The first-order chi connectivity index (χ1) is 12.9. The molecule has 0 saturated carbocycles. The van der Waals surface area contributed by atoms with Crippen molar-refractivity contribution in [1.29, 1.82) is 0 Å². The van der Waals surface area contributed by atoms with Crippen LogP contribution in [0.1, 0.15) is 23.6 Å². The summed E-state index contributed by atoms with van der Waals surface area (Å²) in [6, 6.07) is 4.66. The molecule has 4 rings (SSSR count). The number of rotatable bonds is 3. The first-order valence-corrected chi connectivity index (χ1v) is 8.31. The number of aliphatic hydroxyl groups is 3. The van der Waals surface area contributed by atoms with Crippen molar-refractivity contribution in [2.75, 3.05) is 0 Å². The van der Waals surface area contributed by atoms with Crippen molar-refractivity contribution in [2.45, 2.75) is 37.6 Å². The molecule has 27 heavy (non-hydrogen) atoms. The number of benzene rings is 1. The summed E-state index contributed by atoms with van der Waals surface area (Å²) in [5.41, 5.74) is 1.27. The summed E-state index contributed by atoms with van der Waals surface area (Å²) in [4.78, 5) is 8.28. The maximum Gasteiger partial charge on any atom is 0.164 e. The summed E-state index contributed by atoms with van der Waals surface area (Å²) >= 11 is 0. The van der Waals surface area contributed by atoms with E-state index in [4.69, 9.17) is 4.74 Å². The standard InChI is InChI=1S/C18H17F2N3O4/c1-8-10-4-5-23(17(10)22-7-21-8)18-15(26)14(25)16(27-18)13(24)9-2-3-11(19)12(20)6-9/h2-7,13-16,18,24-26H,1H3. The van der Waals surface area contributed by atoms with Gasteiger partial charge in [-0.1, -0.05) is 6.07 Å². The second kappa shape index (κ2) is 6.61. The molecule has 0 bridgehead atoms. The maximum absolute atomic E-state index is 13.5. The highest BCUT2D eigenvalue weighted by Crippen LogP contribution is 2.37. The molecular weight excluding hydrogens is 360 g/mol. The molecule has 0 amide bonds. The topological polar surface area (TPSA) is 101 Å². The van der Waals surface area contributed by atoms with Crippen LogP contribution >= 0.6 is 0 Å². The van der Waals surface area contributed by atoms with Gasteiger partial charge in [-0.25, -0.2) is 18.7 Å². The first-order valence-electron chi connectivity index (χ1n) is 8.31. The molecule has 7 nitrogen and oxygen atoms in total. The average molecular weight is 377 g/mol. The molecule has 5 unspecified atom stereocenters. The number of nitrogens with zero attached hydrogens (tertiary/aromatic N) is 3. The molecule has 1 saturated heterocycles.